The van der Waals surface area contributed by atoms with Crippen molar-refractivity contribution >= 4 is 29.7 Å². The average molecular weight is 566 g/mol. The van der Waals surface area contributed by atoms with Crippen LogP contribution >= 0.6 is 12.1 Å². The molecule has 40 heavy (non-hydrogen) atoms. The van der Waals surface area contributed by atoms with E-state index < -0.39 is 17.9 Å². The second kappa shape index (κ2) is 15.8. The smallest absolute Gasteiger partial charge is 0.321 e. The minimum Gasteiger partial charge on any atom is -0.490 e. The Hall–Kier alpha value is -3.74. The zero-order valence-electron chi connectivity index (χ0n) is 23.0. The third-order valence-electron chi connectivity index (χ3n) is 6.16. The average Bonchev–Trinajstić information content (AvgIpc) is 2.95. The largest absolute Gasteiger partial charge is 0.490 e. The maximum atomic E-state index is 12.6. The molecule has 10 nitrogen and oxygen atoms in total. The van der Waals surface area contributed by atoms with Crippen LogP contribution in [0, 0.1) is 29.1 Å². The number of hydrogen-bond acceptors (Lipinski definition) is 9. The van der Waals surface area contributed by atoms with Gasteiger partial charge in [0.1, 0.15) is 24.9 Å². The third-order valence-corrected chi connectivity index (χ3v) is 7.14. The molecule has 1 aliphatic rings. The van der Waals surface area contributed by atoms with Crippen LogP contribution in [0.4, 0.5) is 5.69 Å². The van der Waals surface area contributed by atoms with Crippen LogP contribution in [-0.2, 0) is 9.53 Å². The highest BCUT2D eigenvalue weighted by Gasteiger charge is 2.24. The van der Waals surface area contributed by atoms with E-state index in [1.54, 1.807) is 25.3 Å². The van der Waals surface area contributed by atoms with Crippen LogP contribution in [0.25, 0.3) is 0 Å². The monoisotopic (exact) mass is 565 g/mol. The molecular formula is C29H35N5O5S. The van der Waals surface area contributed by atoms with E-state index in [1.807, 2.05) is 44.2 Å². The number of hydrogen-bond donors (Lipinski definition) is 3. The zero-order valence-corrected chi connectivity index (χ0v) is 23.8. The van der Waals surface area contributed by atoms with Crippen LogP contribution in [0.3, 0.4) is 0 Å². The molecule has 1 fully saturated rings. The van der Waals surface area contributed by atoms with Gasteiger partial charge in [-0.1, -0.05) is 25.7 Å². The first-order valence-corrected chi connectivity index (χ1v) is 13.8. The number of nitriles is 1. The highest BCUT2D eigenvalue weighted by Crippen LogP contribution is 2.22. The van der Waals surface area contributed by atoms with Crippen LogP contribution in [-0.4, -0.2) is 80.4 Å². The standard InChI is InChI=1S/C29H35N5O5S/c1-21(2)27(29(36)37)32-40-34-16-14-33(15-17-34)24-9-6-22(7-10-24)4-5-23-8-11-26(39-19-18-38-3)25(20-23)28(35)31-13-12-30/h6-11,20-21,27,32H,13-19H2,1-3H3,(H,31,35)(H,36,37). The number of benzene rings is 2. The van der Waals surface area contributed by atoms with Crippen molar-refractivity contribution in [3.63, 3.8) is 0 Å². The van der Waals surface area contributed by atoms with E-state index in [9.17, 15) is 14.7 Å². The molecule has 0 saturated carbocycles. The number of methoxy groups -OCH3 is 1. The number of aliphatic carboxylic acids is 1. The third kappa shape index (κ3) is 9.18. The van der Waals surface area contributed by atoms with Gasteiger partial charge in [0.05, 0.1) is 18.2 Å². The first-order valence-electron chi connectivity index (χ1n) is 13.0. The lowest BCUT2D eigenvalue weighted by molar-refractivity contribution is -0.139. The summed E-state index contributed by atoms with van der Waals surface area (Å²) in [5.74, 6) is 5.41. The van der Waals surface area contributed by atoms with Crippen LogP contribution in [0.5, 0.6) is 5.75 Å². The Kier molecular flexibility index (Phi) is 12.1. The fourth-order valence-electron chi connectivity index (χ4n) is 3.90. The number of ether oxygens (including phenoxy) is 2. The molecule has 0 spiro atoms. The van der Waals surface area contributed by atoms with Crippen molar-refractivity contribution in [1.29, 1.82) is 5.26 Å². The maximum absolute atomic E-state index is 12.6. The molecular weight excluding hydrogens is 530 g/mol. The molecule has 2 aromatic rings. The minimum atomic E-state index is -0.838. The molecule has 0 aliphatic carbocycles. The Balaban J connectivity index is 1.60. The Morgan fingerprint density at radius 3 is 2.35 bits per heavy atom. The number of piperazine rings is 1. The van der Waals surface area contributed by atoms with Crippen LogP contribution in [0.2, 0.25) is 0 Å². The van der Waals surface area contributed by atoms with E-state index in [1.165, 1.54) is 12.1 Å². The van der Waals surface area contributed by atoms with Crippen molar-refractivity contribution < 1.29 is 24.2 Å². The summed E-state index contributed by atoms with van der Waals surface area (Å²) >= 11 is 1.38. The molecule has 3 N–H and O–H groups in total. The number of nitrogens with zero attached hydrogens (tertiary/aromatic N) is 3. The van der Waals surface area contributed by atoms with Crippen LogP contribution in [0.1, 0.15) is 35.3 Å². The van der Waals surface area contributed by atoms with Gasteiger partial charge in [-0.3, -0.25) is 9.59 Å². The molecule has 3 rings (SSSR count). The van der Waals surface area contributed by atoms with Gasteiger partial charge in [-0.2, -0.15) is 5.26 Å². The predicted molar refractivity (Wildman–Crippen MR) is 155 cm³/mol. The topological polar surface area (TPSA) is 127 Å². The number of rotatable bonds is 12. The van der Waals surface area contributed by atoms with Gasteiger partial charge in [-0.15, -0.1) is 0 Å². The van der Waals surface area contributed by atoms with E-state index in [4.69, 9.17) is 14.7 Å². The Bertz CT molecular complexity index is 1240. The normalized spacial score (nSPS) is 14.1. The predicted octanol–water partition coefficient (Wildman–Crippen LogP) is 2.75. The van der Waals surface area contributed by atoms with Gasteiger partial charge in [0.2, 0.25) is 0 Å². The molecule has 1 saturated heterocycles. The number of carbonyl (C=O) groups excluding carboxylic acids is 1. The molecule has 0 radical (unpaired) electrons. The van der Waals surface area contributed by atoms with E-state index in [0.717, 1.165) is 37.4 Å². The zero-order chi connectivity index (χ0) is 28.9. The lowest BCUT2D eigenvalue weighted by Gasteiger charge is -2.35. The SMILES string of the molecule is COCCOc1ccc(C#Cc2ccc(N3CCN(SNC(C(=O)O)C(C)C)CC3)cc2)cc1C(=O)NCC#N. The van der Waals surface area contributed by atoms with Crippen molar-refractivity contribution in [2.45, 2.75) is 19.9 Å². The van der Waals surface area contributed by atoms with E-state index in [2.05, 4.69) is 31.1 Å². The molecule has 11 heteroatoms. The molecule has 1 amide bonds. The molecule has 1 atom stereocenters. The molecule has 1 aliphatic heterocycles. The highest BCUT2D eigenvalue weighted by molar-refractivity contribution is 7.95. The van der Waals surface area contributed by atoms with E-state index in [-0.39, 0.29) is 12.5 Å². The van der Waals surface area contributed by atoms with E-state index in [0.29, 0.717) is 30.1 Å². The summed E-state index contributed by atoms with van der Waals surface area (Å²) in [5, 5.41) is 20.7. The summed E-state index contributed by atoms with van der Waals surface area (Å²) in [5.41, 5.74) is 2.90. The number of amides is 1. The minimum absolute atomic E-state index is 0.00309. The molecule has 2 aromatic carbocycles. The Morgan fingerprint density at radius 2 is 1.73 bits per heavy atom. The molecule has 1 heterocycles. The van der Waals surface area contributed by atoms with Crippen LogP contribution < -0.4 is 19.7 Å². The quantitative estimate of drug-likeness (QED) is 0.153. The molecule has 1 unspecified atom stereocenters. The highest BCUT2D eigenvalue weighted by atomic mass is 32.2. The first-order chi connectivity index (χ1) is 19.3. The first kappa shape index (κ1) is 30.8. The summed E-state index contributed by atoms with van der Waals surface area (Å²) in [6.07, 6.45) is 0. The number of carbonyl (C=O) groups is 2. The summed E-state index contributed by atoms with van der Waals surface area (Å²) in [6, 6.07) is 14.5. The van der Waals surface area contributed by atoms with Gasteiger partial charge in [0.25, 0.3) is 5.91 Å². The fourth-order valence-corrected chi connectivity index (χ4v) is 4.88. The second-order valence-corrected chi connectivity index (χ2v) is 10.3. The number of nitrogens with one attached hydrogen (secondary N) is 2. The number of anilines is 1. The van der Waals surface area contributed by atoms with Crippen LogP contribution in [0.15, 0.2) is 42.5 Å². The van der Waals surface area contributed by atoms with Crippen molar-refractivity contribution in [1.82, 2.24) is 14.3 Å². The molecule has 0 bridgehead atoms. The van der Waals surface area contributed by atoms with Crippen molar-refractivity contribution in [3.05, 3.63) is 59.2 Å². The number of carboxylic acid groups (broad SMARTS) is 1. The van der Waals surface area contributed by atoms with Gasteiger partial charge in [0, 0.05) is 62.2 Å². The van der Waals surface area contributed by atoms with Gasteiger partial charge in [-0.25, -0.2) is 9.03 Å². The van der Waals surface area contributed by atoms with Crippen molar-refractivity contribution in [3.8, 4) is 23.7 Å². The summed E-state index contributed by atoms with van der Waals surface area (Å²) < 4.78 is 15.9. The lowest BCUT2D eigenvalue weighted by Crippen LogP contribution is -2.46. The second-order valence-electron chi connectivity index (χ2n) is 9.37. The summed E-state index contributed by atoms with van der Waals surface area (Å²) in [6.45, 7) is 7.62. The van der Waals surface area contributed by atoms with Gasteiger partial charge >= 0.3 is 5.97 Å². The lowest BCUT2D eigenvalue weighted by atomic mass is 10.1. The summed E-state index contributed by atoms with van der Waals surface area (Å²) in [4.78, 5) is 26.2. The van der Waals surface area contributed by atoms with Gasteiger partial charge < -0.3 is 24.8 Å². The van der Waals surface area contributed by atoms with E-state index >= 15 is 0 Å². The van der Waals surface area contributed by atoms with Crippen molar-refractivity contribution in [2.24, 2.45) is 5.92 Å². The number of carboxylic acids is 1. The fraction of sp³-hybridized carbons (Fsp3) is 0.414. The maximum Gasteiger partial charge on any atom is 0.321 e. The van der Waals surface area contributed by atoms with Gasteiger partial charge in [0.15, 0.2) is 0 Å². The van der Waals surface area contributed by atoms with Crippen molar-refractivity contribution in [2.75, 3.05) is 57.9 Å². The van der Waals surface area contributed by atoms with Gasteiger partial charge in [-0.05, 0) is 48.4 Å². The Labute approximate surface area is 239 Å². The molecule has 0 aromatic heterocycles. The summed E-state index contributed by atoms with van der Waals surface area (Å²) in [7, 11) is 1.57. The molecule has 212 valence electrons. The Morgan fingerprint density at radius 1 is 1.05 bits per heavy atom.